The fourth-order valence-corrected chi connectivity index (χ4v) is 2.96. The van der Waals surface area contributed by atoms with E-state index >= 15 is 0 Å². The first kappa shape index (κ1) is 9.47. The lowest BCUT2D eigenvalue weighted by Crippen LogP contribution is -2.40. The van der Waals surface area contributed by atoms with Gasteiger partial charge in [0.2, 0.25) is 0 Å². The molecular formula is C11H21NO. The molecular weight excluding hydrogens is 162 g/mol. The second kappa shape index (κ2) is 3.97. The maximum atomic E-state index is 5.87. The highest BCUT2D eigenvalue weighted by atomic mass is 16.5. The van der Waals surface area contributed by atoms with E-state index in [4.69, 9.17) is 4.74 Å². The minimum Gasteiger partial charge on any atom is -0.375 e. The minimum atomic E-state index is 0.578. The van der Waals surface area contributed by atoms with Gasteiger partial charge < -0.3 is 10.1 Å². The van der Waals surface area contributed by atoms with Crippen molar-refractivity contribution in [1.82, 2.24) is 5.32 Å². The first-order valence-electron chi connectivity index (χ1n) is 5.74. The van der Waals surface area contributed by atoms with E-state index in [1.165, 1.54) is 25.7 Å². The van der Waals surface area contributed by atoms with Crippen LogP contribution in [0.2, 0.25) is 0 Å². The van der Waals surface area contributed by atoms with Gasteiger partial charge in [-0.2, -0.15) is 0 Å². The van der Waals surface area contributed by atoms with Gasteiger partial charge in [0, 0.05) is 12.0 Å². The predicted molar refractivity (Wildman–Crippen MR) is 53.8 cm³/mol. The Morgan fingerprint density at radius 3 is 2.69 bits per heavy atom. The van der Waals surface area contributed by atoms with Crippen molar-refractivity contribution in [2.45, 2.75) is 57.8 Å². The monoisotopic (exact) mass is 183 g/mol. The molecule has 2 saturated heterocycles. The number of rotatable bonds is 4. The van der Waals surface area contributed by atoms with Crippen LogP contribution in [-0.4, -0.2) is 24.8 Å². The van der Waals surface area contributed by atoms with E-state index in [0.717, 1.165) is 12.5 Å². The molecule has 2 aliphatic rings. The Labute approximate surface area is 81.0 Å². The van der Waals surface area contributed by atoms with Gasteiger partial charge in [-0.05, 0) is 32.2 Å². The summed E-state index contributed by atoms with van der Waals surface area (Å²) >= 11 is 0. The Kier molecular flexibility index (Phi) is 2.89. The maximum absolute atomic E-state index is 5.87. The highest BCUT2D eigenvalue weighted by Gasteiger charge is 2.43. The molecule has 76 valence electrons. The van der Waals surface area contributed by atoms with Crippen molar-refractivity contribution in [2.75, 3.05) is 6.54 Å². The maximum Gasteiger partial charge on any atom is 0.0623 e. The molecule has 0 radical (unpaired) electrons. The standard InChI is InChI=1S/C11H21NO/c1-3-10(12-4-2)9-7-8-5-6-11(9)13-8/h8-12H,3-7H2,1-2H3. The van der Waals surface area contributed by atoms with Crippen LogP contribution in [0.1, 0.15) is 39.5 Å². The van der Waals surface area contributed by atoms with Crippen molar-refractivity contribution >= 4 is 0 Å². The van der Waals surface area contributed by atoms with E-state index in [-0.39, 0.29) is 0 Å². The van der Waals surface area contributed by atoms with Crippen LogP contribution in [0.15, 0.2) is 0 Å². The molecule has 4 unspecified atom stereocenters. The smallest absolute Gasteiger partial charge is 0.0623 e. The predicted octanol–water partition coefficient (Wildman–Crippen LogP) is 1.94. The van der Waals surface area contributed by atoms with Crippen LogP contribution in [0, 0.1) is 5.92 Å². The summed E-state index contributed by atoms with van der Waals surface area (Å²) in [4.78, 5) is 0. The molecule has 4 atom stereocenters. The zero-order valence-corrected chi connectivity index (χ0v) is 8.75. The molecule has 2 bridgehead atoms. The average molecular weight is 183 g/mol. The van der Waals surface area contributed by atoms with Crippen LogP contribution in [0.3, 0.4) is 0 Å². The lowest BCUT2D eigenvalue weighted by molar-refractivity contribution is 0.0855. The number of nitrogens with one attached hydrogen (secondary N) is 1. The van der Waals surface area contributed by atoms with Crippen molar-refractivity contribution in [3.05, 3.63) is 0 Å². The fourth-order valence-electron chi connectivity index (χ4n) is 2.96. The molecule has 2 nitrogen and oxygen atoms in total. The fraction of sp³-hybridized carbons (Fsp3) is 1.00. The molecule has 0 aromatic carbocycles. The molecule has 2 aliphatic heterocycles. The lowest BCUT2D eigenvalue weighted by Gasteiger charge is -2.28. The molecule has 0 spiro atoms. The normalized spacial score (nSPS) is 39.7. The third kappa shape index (κ3) is 1.75. The van der Waals surface area contributed by atoms with Crippen molar-refractivity contribution in [2.24, 2.45) is 5.92 Å². The van der Waals surface area contributed by atoms with Crippen LogP contribution in [0.5, 0.6) is 0 Å². The van der Waals surface area contributed by atoms with Gasteiger partial charge in [-0.15, -0.1) is 0 Å². The SMILES string of the molecule is CCNC(CC)C1CC2CCC1O2. The second-order valence-corrected chi connectivity index (χ2v) is 4.35. The van der Waals surface area contributed by atoms with Gasteiger partial charge in [0.15, 0.2) is 0 Å². The van der Waals surface area contributed by atoms with Crippen LogP contribution >= 0.6 is 0 Å². The Morgan fingerprint density at radius 1 is 1.38 bits per heavy atom. The molecule has 0 amide bonds. The summed E-state index contributed by atoms with van der Waals surface area (Å²) in [6.45, 7) is 5.56. The van der Waals surface area contributed by atoms with Gasteiger partial charge >= 0.3 is 0 Å². The van der Waals surface area contributed by atoms with Crippen LogP contribution in [0.25, 0.3) is 0 Å². The molecule has 0 aliphatic carbocycles. The molecule has 2 heteroatoms. The van der Waals surface area contributed by atoms with E-state index < -0.39 is 0 Å². The first-order valence-corrected chi connectivity index (χ1v) is 5.74. The van der Waals surface area contributed by atoms with Crippen LogP contribution in [-0.2, 0) is 4.74 Å². The number of fused-ring (bicyclic) bond motifs is 2. The van der Waals surface area contributed by atoms with Crippen molar-refractivity contribution in [1.29, 1.82) is 0 Å². The largest absolute Gasteiger partial charge is 0.375 e. The number of ether oxygens (including phenoxy) is 1. The second-order valence-electron chi connectivity index (χ2n) is 4.35. The van der Waals surface area contributed by atoms with Crippen molar-refractivity contribution < 1.29 is 4.74 Å². The molecule has 0 aromatic rings. The van der Waals surface area contributed by atoms with Gasteiger partial charge in [0.1, 0.15) is 0 Å². The highest BCUT2D eigenvalue weighted by molar-refractivity contribution is 4.94. The Hall–Kier alpha value is -0.0800. The third-order valence-corrected chi connectivity index (χ3v) is 3.58. The molecule has 2 rings (SSSR count). The molecule has 0 aromatic heterocycles. The van der Waals surface area contributed by atoms with E-state index in [1.54, 1.807) is 0 Å². The van der Waals surface area contributed by atoms with Crippen LogP contribution in [0.4, 0.5) is 0 Å². The van der Waals surface area contributed by atoms with Gasteiger partial charge in [-0.25, -0.2) is 0 Å². The van der Waals surface area contributed by atoms with E-state index in [2.05, 4.69) is 19.2 Å². The Morgan fingerprint density at radius 2 is 2.23 bits per heavy atom. The van der Waals surface area contributed by atoms with E-state index in [1.807, 2.05) is 0 Å². The topological polar surface area (TPSA) is 21.3 Å². The van der Waals surface area contributed by atoms with Gasteiger partial charge in [0.25, 0.3) is 0 Å². The summed E-state index contributed by atoms with van der Waals surface area (Å²) in [5.41, 5.74) is 0. The third-order valence-electron chi connectivity index (χ3n) is 3.58. The first-order chi connectivity index (χ1) is 6.35. The van der Waals surface area contributed by atoms with Crippen molar-refractivity contribution in [3.63, 3.8) is 0 Å². The Balaban J connectivity index is 1.92. The van der Waals surface area contributed by atoms with Crippen molar-refractivity contribution in [3.8, 4) is 0 Å². The summed E-state index contributed by atoms with van der Waals surface area (Å²) in [5.74, 6) is 0.795. The molecule has 2 heterocycles. The average Bonchev–Trinajstić information content (AvgIpc) is 2.74. The van der Waals surface area contributed by atoms with Gasteiger partial charge in [0.05, 0.1) is 12.2 Å². The lowest BCUT2D eigenvalue weighted by atomic mass is 9.83. The number of hydrogen-bond acceptors (Lipinski definition) is 2. The Bertz CT molecular complexity index is 171. The van der Waals surface area contributed by atoms with Gasteiger partial charge in [-0.1, -0.05) is 13.8 Å². The molecule has 1 N–H and O–H groups in total. The summed E-state index contributed by atoms with van der Waals surface area (Å²) in [5, 5.41) is 3.58. The highest BCUT2D eigenvalue weighted by Crippen LogP contribution is 2.40. The quantitative estimate of drug-likeness (QED) is 0.719. The van der Waals surface area contributed by atoms with E-state index in [0.29, 0.717) is 18.2 Å². The zero-order valence-electron chi connectivity index (χ0n) is 8.75. The molecule has 2 fully saturated rings. The molecule has 13 heavy (non-hydrogen) atoms. The zero-order chi connectivity index (χ0) is 9.26. The number of hydrogen-bond donors (Lipinski definition) is 1. The summed E-state index contributed by atoms with van der Waals surface area (Å²) < 4.78 is 5.87. The van der Waals surface area contributed by atoms with Gasteiger partial charge in [-0.3, -0.25) is 0 Å². The summed E-state index contributed by atoms with van der Waals surface area (Å²) in [7, 11) is 0. The summed E-state index contributed by atoms with van der Waals surface area (Å²) in [6, 6.07) is 0.695. The van der Waals surface area contributed by atoms with E-state index in [9.17, 15) is 0 Å². The minimum absolute atomic E-state index is 0.578. The summed E-state index contributed by atoms with van der Waals surface area (Å²) in [6.07, 6.45) is 6.33. The molecule has 0 saturated carbocycles. The van der Waals surface area contributed by atoms with Crippen LogP contribution < -0.4 is 5.32 Å².